The number of hydrogen-bond donors (Lipinski definition) is 0. The molecule has 2 aliphatic rings. The van der Waals surface area contributed by atoms with E-state index in [1.807, 2.05) is 30.4 Å². The van der Waals surface area contributed by atoms with Gasteiger partial charge in [-0.2, -0.15) is 0 Å². The van der Waals surface area contributed by atoms with Crippen molar-refractivity contribution in [3.05, 3.63) is 77.1 Å². The highest BCUT2D eigenvalue weighted by molar-refractivity contribution is 5.92. The van der Waals surface area contributed by atoms with Crippen molar-refractivity contribution in [1.82, 2.24) is 9.88 Å². The fourth-order valence-electron chi connectivity index (χ4n) is 5.37. The van der Waals surface area contributed by atoms with Gasteiger partial charge in [0.05, 0.1) is 0 Å². The second kappa shape index (κ2) is 6.84. The van der Waals surface area contributed by atoms with Gasteiger partial charge in [0.1, 0.15) is 0 Å². The zero-order valence-corrected chi connectivity index (χ0v) is 17.1. The highest BCUT2D eigenvalue weighted by atomic mass is 16.2. The number of benzene rings is 2. The van der Waals surface area contributed by atoms with E-state index in [-0.39, 0.29) is 5.41 Å². The number of pyridine rings is 1. The van der Waals surface area contributed by atoms with Gasteiger partial charge in [-0.05, 0) is 41.3 Å². The average molecular weight is 383 g/mol. The van der Waals surface area contributed by atoms with Crippen molar-refractivity contribution in [2.75, 3.05) is 7.05 Å². The Morgan fingerprint density at radius 3 is 2.86 bits per heavy atom. The Balaban J connectivity index is 1.47. The molecule has 0 unspecified atom stereocenters. The fraction of sp³-hybridized carbons (Fsp3) is 0.308. The Morgan fingerprint density at radius 2 is 1.97 bits per heavy atom. The van der Waals surface area contributed by atoms with Crippen LogP contribution in [0.3, 0.4) is 0 Å². The second-order valence-electron chi connectivity index (χ2n) is 8.68. The molecule has 1 aliphatic carbocycles. The van der Waals surface area contributed by atoms with Crippen LogP contribution in [0.15, 0.2) is 54.9 Å². The van der Waals surface area contributed by atoms with Crippen LogP contribution < -0.4 is 0 Å². The van der Waals surface area contributed by atoms with Gasteiger partial charge in [0.15, 0.2) is 0 Å². The number of likely N-dealkylation sites (tertiary alicyclic amines) is 1. The van der Waals surface area contributed by atoms with Crippen molar-refractivity contribution >= 4 is 28.8 Å². The summed E-state index contributed by atoms with van der Waals surface area (Å²) in [5, 5.41) is 2.39. The maximum absolute atomic E-state index is 12.2. The summed E-state index contributed by atoms with van der Waals surface area (Å²) in [6.45, 7) is 2.34. The van der Waals surface area contributed by atoms with E-state index in [0.717, 1.165) is 30.2 Å². The van der Waals surface area contributed by atoms with Crippen molar-refractivity contribution in [3.63, 3.8) is 0 Å². The highest BCUT2D eigenvalue weighted by Crippen LogP contribution is 2.45. The Morgan fingerprint density at radius 1 is 1.10 bits per heavy atom. The number of piperidine rings is 1. The van der Waals surface area contributed by atoms with E-state index in [0.29, 0.717) is 18.4 Å². The number of carbonyl (C=O) groups is 1. The minimum absolute atomic E-state index is 0.0675. The molecule has 3 nitrogen and oxygen atoms in total. The quantitative estimate of drug-likeness (QED) is 0.608. The Labute approximate surface area is 172 Å². The van der Waals surface area contributed by atoms with Gasteiger partial charge in [0, 0.05) is 48.3 Å². The van der Waals surface area contributed by atoms with Crippen LogP contribution in [0.1, 0.15) is 48.4 Å². The smallest absolute Gasteiger partial charge is 0.222 e. The second-order valence-corrected chi connectivity index (χ2v) is 8.68. The van der Waals surface area contributed by atoms with Crippen LogP contribution in [0.5, 0.6) is 0 Å². The molecular weight excluding hydrogens is 356 g/mol. The van der Waals surface area contributed by atoms with Gasteiger partial charge in [-0.3, -0.25) is 9.78 Å². The number of aryl methyl sites for hydroxylation is 1. The number of fused-ring (bicyclic) bond motifs is 4. The van der Waals surface area contributed by atoms with Crippen molar-refractivity contribution in [2.45, 2.75) is 44.1 Å². The predicted octanol–water partition coefficient (Wildman–Crippen LogP) is 5.23. The van der Waals surface area contributed by atoms with E-state index in [2.05, 4.69) is 60.5 Å². The molecule has 2 atom stereocenters. The highest BCUT2D eigenvalue weighted by Gasteiger charge is 2.46. The van der Waals surface area contributed by atoms with Crippen LogP contribution in [-0.4, -0.2) is 28.9 Å². The largest absolute Gasteiger partial charge is 0.342 e. The molecule has 0 N–H and O–H groups in total. The monoisotopic (exact) mass is 382 g/mol. The minimum atomic E-state index is 0.0675. The number of aromatic nitrogens is 1. The zero-order valence-electron chi connectivity index (χ0n) is 17.1. The van der Waals surface area contributed by atoms with Crippen molar-refractivity contribution < 1.29 is 4.79 Å². The normalized spacial score (nSPS) is 24.0. The summed E-state index contributed by atoms with van der Waals surface area (Å²) >= 11 is 0. The van der Waals surface area contributed by atoms with E-state index in [1.165, 1.54) is 22.1 Å². The molecule has 1 fully saturated rings. The molecular formula is C26H26N2O. The first-order valence-corrected chi connectivity index (χ1v) is 10.5. The SMILES string of the molecule is CN1C(=O)CC[C@]2(C)c3ccc(C=Cc4cncc5ccccc45)cc3CC[C@@H]12. The first-order valence-electron chi connectivity index (χ1n) is 10.5. The molecule has 0 saturated carbocycles. The number of rotatable bonds is 2. The lowest BCUT2D eigenvalue weighted by atomic mass is 9.63. The number of amides is 1. The minimum Gasteiger partial charge on any atom is -0.342 e. The van der Waals surface area contributed by atoms with E-state index < -0.39 is 0 Å². The lowest BCUT2D eigenvalue weighted by Crippen LogP contribution is -2.56. The summed E-state index contributed by atoms with van der Waals surface area (Å²) in [5.41, 5.74) is 5.29. The Bertz CT molecular complexity index is 1130. The van der Waals surface area contributed by atoms with Gasteiger partial charge in [-0.15, -0.1) is 0 Å². The molecule has 2 aromatic carbocycles. The van der Waals surface area contributed by atoms with E-state index >= 15 is 0 Å². The molecule has 146 valence electrons. The number of nitrogens with zero attached hydrogens (tertiary/aromatic N) is 2. The maximum atomic E-state index is 12.2. The fourth-order valence-corrected chi connectivity index (χ4v) is 5.37. The van der Waals surface area contributed by atoms with Crippen molar-refractivity contribution in [2.24, 2.45) is 0 Å². The number of likely N-dealkylation sites (N-methyl/N-ethyl adjacent to an activating group) is 1. The topological polar surface area (TPSA) is 33.2 Å². The van der Waals surface area contributed by atoms with Crippen LogP contribution in [0.2, 0.25) is 0 Å². The van der Waals surface area contributed by atoms with E-state index in [9.17, 15) is 4.79 Å². The summed E-state index contributed by atoms with van der Waals surface area (Å²) < 4.78 is 0. The molecule has 29 heavy (non-hydrogen) atoms. The first-order chi connectivity index (χ1) is 14.1. The maximum Gasteiger partial charge on any atom is 0.222 e. The van der Waals surface area contributed by atoms with Gasteiger partial charge in [0.25, 0.3) is 0 Å². The molecule has 1 saturated heterocycles. The third kappa shape index (κ3) is 2.96. The standard InChI is InChI=1S/C26H26N2O/c1-26-14-13-25(29)28(2)24(26)12-10-19-15-18(8-11-23(19)26)7-9-21-17-27-16-20-5-3-4-6-22(20)21/h3-9,11,15-17,24H,10,12-14H2,1-2H3/t24-,26-/m1/s1. The summed E-state index contributed by atoms with van der Waals surface area (Å²) in [7, 11) is 1.98. The van der Waals surface area contributed by atoms with Gasteiger partial charge >= 0.3 is 0 Å². The molecule has 3 aromatic rings. The summed E-state index contributed by atoms with van der Waals surface area (Å²) in [4.78, 5) is 18.6. The first kappa shape index (κ1) is 18.1. The lowest BCUT2D eigenvalue weighted by molar-refractivity contribution is -0.138. The summed E-state index contributed by atoms with van der Waals surface area (Å²) in [5.74, 6) is 0.291. The van der Waals surface area contributed by atoms with Crippen molar-refractivity contribution in [3.8, 4) is 0 Å². The summed E-state index contributed by atoms with van der Waals surface area (Å²) in [6, 6.07) is 15.5. The van der Waals surface area contributed by atoms with Gasteiger partial charge in [-0.25, -0.2) is 0 Å². The molecule has 3 heteroatoms. The van der Waals surface area contributed by atoms with E-state index in [4.69, 9.17) is 0 Å². The average Bonchev–Trinajstić information content (AvgIpc) is 2.75. The third-order valence-corrected chi connectivity index (χ3v) is 7.04. The molecule has 1 aromatic heterocycles. The third-order valence-electron chi connectivity index (χ3n) is 7.04. The van der Waals surface area contributed by atoms with Gasteiger partial charge in [-0.1, -0.05) is 61.5 Å². The van der Waals surface area contributed by atoms with Crippen LogP contribution in [0, 0.1) is 0 Å². The van der Waals surface area contributed by atoms with Crippen LogP contribution in [-0.2, 0) is 16.6 Å². The van der Waals surface area contributed by atoms with Gasteiger partial charge < -0.3 is 4.90 Å². The van der Waals surface area contributed by atoms with Gasteiger partial charge in [0.2, 0.25) is 5.91 Å². The van der Waals surface area contributed by atoms with Crippen molar-refractivity contribution in [1.29, 1.82) is 0 Å². The van der Waals surface area contributed by atoms with E-state index in [1.54, 1.807) is 0 Å². The molecule has 2 heterocycles. The van der Waals surface area contributed by atoms with Crippen LogP contribution >= 0.6 is 0 Å². The number of carbonyl (C=O) groups excluding carboxylic acids is 1. The predicted molar refractivity (Wildman–Crippen MR) is 119 cm³/mol. The van der Waals surface area contributed by atoms with Crippen LogP contribution in [0.4, 0.5) is 0 Å². The summed E-state index contributed by atoms with van der Waals surface area (Å²) in [6.07, 6.45) is 11.9. The molecule has 0 bridgehead atoms. The molecule has 0 radical (unpaired) electrons. The van der Waals surface area contributed by atoms with Crippen LogP contribution in [0.25, 0.3) is 22.9 Å². The molecule has 0 spiro atoms. The lowest BCUT2D eigenvalue weighted by Gasteiger charge is -2.50. The Kier molecular flexibility index (Phi) is 4.27. The Hall–Kier alpha value is -2.94. The molecule has 1 aliphatic heterocycles. The molecule has 1 amide bonds. The zero-order chi connectivity index (χ0) is 20.0. The number of hydrogen-bond acceptors (Lipinski definition) is 2. The molecule has 5 rings (SSSR count).